The van der Waals surface area contributed by atoms with Crippen molar-refractivity contribution in [3.05, 3.63) is 0 Å². The summed E-state index contributed by atoms with van der Waals surface area (Å²) in [5.41, 5.74) is 0. The van der Waals surface area contributed by atoms with E-state index in [0.29, 0.717) is 0 Å². The molecule has 0 aliphatic heterocycles. The van der Waals surface area contributed by atoms with Gasteiger partial charge in [0.15, 0.2) is 0 Å². The van der Waals surface area contributed by atoms with E-state index in [1.54, 1.807) is 0 Å². The van der Waals surface area contributed by atoms with Crippen LogP contribution in [0.15, 0.2) is 0 Å². The molecule has 0 saturated heterocycles. The van der Waals surface area contributed by atoms with Crippen molar-refractivity contribution < 1.29 is 0 Å². The molecule has 0 aromatic rings. The van der Waals surface area contributed by atoms with Gasteiger partial charge in [-0.2, -0.15) is 0 Å². The third-order valence-corrected chi connectivity index (χ3v) is 17.9. The fraction of sp³-hybridized carbons (Fsp3) is 1.00. The van der Waals surface area contributed by atoms with Crippen LogP contribution in [0.1, 0.15) is 60.8 Å². The van der Waals surface area contributed by atoms with Crippen molar-refractivity contribution in [3.63, 3.8) is 0 Å². The highest BCUT2D eigenvalue weighted by Crippen LogP contribution is 2.11. The van der Waals surface area contributed by atoms with E-state index in [1.807, 2.05) is 0 Å². The van der Waals surface area contributed by atoms with E-state index in [-0.39, 0.29) is 18.4 Å². The van der Waals surface area contributed by atoms with Gasteiger partial charge in [0.25, 0.3) is 0 Å². The van der Waals surface area contributed by atoms with Gasteiger partial charge in [-0.3, -0.25) is 0 Å². The highest BCUT2D eigenvalue weighted by atomic mass is 29.2. The fourth-order valence-corrected chi connectivity index (χ4v) is 19.7. The van der Waals surface area contributed by atoms with Gasteiger partial charge in [0.1, 0.15) is 0 Å². The van der Waals surface area contributed by atoms with E-state index in [2.05, 4.69) is 63.4 Å². The van der Waals surface area contributed by atoms with Crippen LogP contribution < -0.4 is 0 Å². The third-order valence-electron chi connectivity index (χ3n) is 4.75. The first-order valence-electron chi connectivity index (χ1n) is 8.40. The molecule has 0 aromatic carbocycles. The Morgan fingerprint density at radius 1 is 0.789 bits per heavy atom. The summed E-state index contributed by atoms with van der Waals surface area (Å²) >= 11 is 0. The van der Waals surface area contributed by atoms with Gasteiger partial charge in [0.2, 0.25) is 0 Å². The maximum absolute atomic E-state index is 2.99. The Balaban J connectivity index is 4.58. The van der Waals surface area contributed by atoms with Gasteiger partial charge in [-0.05, 0) is 37.4 Å². The predicted octanol–water partition coefficient (Wildman–Crippen LogP) is 2.05. The zero-order valence-electron chi connectivity index (χ0n) is 14.7. The maximum atomic E-state index is 2.99. The van der Waals surface area contributed by atoms with E-state index >= 15 is 0 Å². The minimum absolute atomic E-state index is 0.00108. The van der Waals surface area contributed by atoms with Crippen LogP contribution in [-0.2, 0) is 0 Å². The highest BCUT2D eigenvalue weighted by molar-refractivity contribution is 7.00. The summed E-state index contributed by atoms with van der Waals surface area (Å²) in [7, 11) is -0.571. The molecule has 0 aliphatic rings. The molecule has 0 spiro atoms. The molecule has 116 valence electrons. The van der Waals surface area contributed by atoms with Crippen molar-refractivity contribution in [3.8, 4) is 0 Å². The van der Waals surface area contributed by atoms with Crippen molar-refractivity contribution in [2.75, 3.05) is 0 Å². The van der Waals surface area contributed by atoms with E-state index in [0.717, 1.165) is 18.1 Å². The summed E-state index contributed by atoms with van der Waals surface area (Å²) in [4.78, 5) is 0. The normalized spacial score (nSPS) is 18.5. The molecular weight excluding hydrogens is 280 g/mol. The Kier molecular flexibility index (Phi) is 10.6. The SMILES string of the molecule is CCC(C)N([SiH2][SiH2]N(C(C)CC)[SiH](C)C)C(C)CC. The van der Waals surface area contributed by atoms with Crippen molar-refractivity contribution in [1.29, 1.82) is 0 Å². The first-order valence-corrected chi connectivity index (χ1v) is 16.5. The summed E-state index contributed by atoms with van der Waals surface area (Å²) in [5.74, 6) is 0. The van der Waals surface area contributed by atoms with Crippen LogP contribution in [0, 0.1) is 0 Å². The average Bonchev–Trinajstić information content (AvgIpc) is 2.40. The number of hydrogen-bond donors (Lipinski definition) is 0. The maximum Gasteiger partial charge on any atom is 0.0979 e. The fourth-order valence-electron chi connectivity index (χ4n) is 2.80. The Bertz CT molecular complexity index is 217. The van der Waals surface area contributed by atoms with Gasteiger partial charge in [-0.25, -0.2) is 0 Å². The molecule has 19 heavy (non-hydrogen) atoms. The van der Waals surface area contributed by atoms with E-state index in [1.165, 1.54) is 19.3 Å². The first kappa shape index (κ1) is 19.6. The zero-order chi connectivity index (χ0) is 15.0. The smallest absolute Gasteiger partial charge is 0.0979 e. The molecule has 0 saturated carbocycles. The molecule has 0 radical (unpaired) electrons. The molecule has 3 atom stereocenters. The van der Waals surface area contributed by atoms with Gasteiger partial charge in [-0.1, -0.05) is 54.6 Å². The predicted molar refractivity (Wildman–Crippen MR) is 98.9 cm³/mol. The Hall–Kier alpha value is 0.571. The molecule has 5 heteroatoms. The highest BCUT2D eigenvalue weighted by Gasteiger charge is 2.22. The molecule has 2 nitrogen and oxygen atoms in total. The van der Waals surface area contributed by atoms with Crippen LogP contribution in [0.5, 0.6) is 0 Å². The number of rotatable bonds is 10. The molecule has 0 rings (SSSR count). The van der Waals surface area contributed by atoms with Gasteiger partial charge in [0.05, 0.1) is 27.4 Å². The second-order valence-electron chi connectivity index (χ2n) is 6.34. The molecule has 0 aromatic heterocycles. The van der Waals surface area contributed by atoms with Gasteiger partial charge < -0.3 is 8.80 Å². The van der Waals surface area contributed by atoms with E-state index in [9.17, 15) is 0 Å². The van der Waals surface area contributed by atoms with Crippen LogP contribution in [0.2, 0.25) is 13.1 Å². The molecular formula is C14H38N2Si3. The van der Waals surface area contributed by atoms with Gasteiger partial charge >= 0.3 is 0 Å². The number of hydrogen-bond acceptors (Lipinski definition) is 2. The Labute approximate surface area is 128 Å². The average molecular weight is 319 g/mol. The zero-order valence-corrected chi connectivity index (χ0v) is 18.7. The molecule has 0 N–H and O–H groups in total. The second kappa shape index (κ2) is 10.3. The summed E-state index contributed by atoms with van der Waals surface area (Å²) in [5, 5.41) is 0. The lowest BCUT2D eigenvalue weighted by molar-refractivity contribution is 0.272. The summed E-state index contributed by atoms with van der Waals surface area (Å²) < 4.78 is 5.91. The summed E-state index contributed by atoms with van der Waals surface area (Å²) in [6.07, 6.45) is 3.96. The third kappa shape index (κ3) is 6.71. The standard InChI is InChI=1S/C14H38N2Si3/c1-9-12(4)15(13(5)10-2)17-18-16(19(7)8)14(6)11-3/h12-14,19H,9-11,17-18H2,1-8H3. The lowest BCUT2D eigenvalue weighted by Gasteiger charge is -2.38. The summed E-state index contributed by atoms with van der Waals surface area (Å²) in [6, 6.07) is 2.46. The largest absolute Gasteiger partial charge is 0.352 e. The first-order chi connectivity index (χ1) is 8.88. The van der Waals surface area contributed by atoms with Crippen LogP contribution in [-0.4, -0.2) is 54.3 Å². The van der Waals surface area contributed by atoms with Gasteiger partial charge in [-0.15, -0.1) is 0 Å². The van der Waals surface area contributed by atoms with Crippen molar-refractivity contribution in [2.45, 2.75) is 92.0 Å². The molecule has 0 bridgehead atoms. The minimum Gasteiger partial charge on any atom is -0.352 e. The van der Waals surface area contributed by atoms with Gasteiger partial charge in [0, 0.05) is 0 Å². The van der Waals surface area contributed by atoms with Crippen LogP contribution in [0.4, 0.5) is 0 Å². The van der Waals surface area contributed by atoms with E-state index < -0.39 is 8.96 Å². The topological polar surface area (TPSA) is 6.48 Å². The van der Waals surface area contributed by atoms with Crippen molar-refractivity contribution >= 4 is 27.4 Å². The lowest BCUT2D eigenvalue weighted by Crippen LogP contribution is -2.53. The van der Waals surface area contributed by atoms with Crippen LogP contribution in [0.25, 0.3) is 0 Å². The van der Waals surface area contributed by atoms with Crippen molar-refractivity contribution in [1.82, 2.24) is 8.80 Å². The molecule has 0 fully saturated rings. The molecule has 3 unspecified atom stereocenters. The monoisotopic (exact) mass is 318 g/mol. The molecule has 0 heterocycles. The Morgan fingerprint density at radius 2 is 1.21 bits per heavy atom. The van der Waals surface area contributed by atoms with Crippen molar-refractivity contribution in [2.24, 2.45) is 0 Å². The quantitative estimate of drug-likeness (QED) is 0.569. The summed E-state index contributed by atoms with van der Waals surface area (Å²) in [6.45, 7) is 19.4. The molecule has 0 amide bonds. The second-order valence-corrected chi connectivity index (χ2v) is 15.0. The Morgan fingerprint density at radius 3 is 1.53 bits per heavy atom. The lowest BCUT2D eigenvalue weighted by atomic mass is 10.2. The molecule has 0 aliphatic carbocycles. The minimum atomic E-state index is -0.597. The van der Waals surface area contributed by atoms with Crippen LogP contribution >= 0.6 is 0 Å². The van der Waals surface area contributed by atoms with E-state index in [4.69, 9.17) is 0 Å². The number of nitrogens with zero attached hydrogens (tertiary/aromatic N) is 2. The van der Waals surface area contributed by atoms with Crippen LogP contribution in [0.3, 0.4) is 0 Å².